The second kappa shape index (κ2) is 7.24. The van der Waals surface area contributed by atoms with E-state index in [2.05, 4.69) is 13.8 Å². The third-order valence-corrected chi connectivity index (χ3v) is 3.09. The number of hydrogen-bond acceptors (Lipinski definition) is 2. The second-order valence-electron chi connectivity index (χ2n) is 4.70. The van der Waals surface area contributed by atoms with Crippen LogP contribution >= 0.6 is 0 Å². The third kappa shape index (κ3) is 5.53. The van der Waals surface area contributed by atoms with Gasteiger partial charge in [-0.3, -0.25) is 0 Å². The molecule has 0 aromatic heterocycles. The predicted molar refractivity (Wildman–Crippen MR) is 62.9 cm³/mol. The maximum absolute atomic E-state index is 5.77. The summed E-state index contributed by atoms with van der Waals surface area (Å²) < 4.78 is 11.5. The van der Waals surface area contributed by atoms with Crippen LogP contribution in [0, 0.1) is 0 Å². The highest BCUT2D eigenvalue weighted by atomic mass is 16.7. The van der Waals surface area contributed by atoms with Gasteiger partial charge in [-0.05, 0) is 26.2 Å². The zero-order valence-electron chi connectivity index (χ0n) is 10.4. The fourth-order valence-electron chi connectivity index (χ4n) is 2.02. The topological polar surface area (TPSA) is 18.5 Å². The predicted octanol–water partition coefficient (Wildman–Crippen LogP) is 3.89. The highest BCUT2D eigenvalue weighted by Gasteiger charge is 2.26. The molecule has 0 spiro atoms. The Morgan fingerprint density at radius 1 is 0.933 bits per heavy atom. The van der Waals surface area contributed by atoms with Crippen molar-refractivity contribution in [2.45, 2.75) is 71.0 Å². The van der Waals surface area contributed by atoms with E-state index in [1.165, 1.54) is 32.1 Å². The Hall–Kier alpha value is -0.0800. The van der Waals surface area contributed by atoms with E-state index < -0.39 is 0 Å². The highest BCUT2D eigenvalue weighted by Crippen LogP contribution is 2.24. The summed E-state index contributed by atoms with van der Waals surface area (Å²) in [7, 11) is 0. The van der Waals surface area contributed by atoms with Gasteiger partial charge in [-0.1, -0.05) is 32.6 Å². The van der Waals surface area contributed by atoms with Crippen LogP contribution in [-0.2, 0) is 9.47 Å². The van der Waals surface area contributed by atoms with Gasteiger partial charge in [0.1, 0.15) is 0 Å². The van der Waals surface area contributed by atoms with Gasteiger partial charge in [0.05, 0.1) is 13.2 Å². The van der Waals surface area contributed by atoms with Crippen LogP contribution in [0.5, 0.6) is 0 Å². The molecule has 0 bridgehead atoms. The quantitative estimate of drug-likeness (QED) is 0.624. The number of rotatable bonds is 6. The van der Waals surface area contributed by atoms with E-state index in [9.17, 15) is 0 Å². The Bertz CT molecular complexity index is 149. The van der Waals surface area contributed by atoms with Crippen LogP contribution in [0.1, 0.15) is 65.2 Å². The van der Waals surface area contributed by atoms with Crippen LogP contribution in [0.15, 0.2) is 0 Å². The Kier molecular flexibility index (Phi) is 6.26. The Morgan fingerprint density at radius 2 is 1.53 bits per heavy atom. The molecule has 90 valence electrons. The SMILES string of the molecule is CCCCCCCC1(C)OCCCCO1. The van der Waals surface area contributed by atoms with E-state index in [1.807, 2.05) is 0 Å². The first-order valence-electron chi connectivity index (χ1n) is 6.55. The van der Waals surface area contributed by atoms with Crippen molar-refractivity contribution < 1.29 is 9.47 Å². The fourth-order valence-corrected chi connectivity index (χ4v) is 2.02. The summed E-state index contributed by atoms with van der Waals surface area (Å²) in [5, 5.41) is 0. The zero-order valence-corrected chi connectivity index (χ0v) is 10.4. The van der Waals surface area contributed by atoms with Gasteiger partial charge < -0.3 is 9.47 Å². The molecule has 1 aliphatic rings. The molecule has 2 heteroatoms. The van der Waals surface area contributed by atoms with Gasteiger partial charge >= 0.3 is 0 Å². The van der Waals surface area contributed by atoms with Crippen LogP contribution in [0.4, 0.5) is 0 Å². The first-order valence-corrected chi connectivity index (χ1v) is 6.55. The number of unbranched alkanes of at least 4 members (excludes halogenated alkanes) is 4. The average molecular weight is 214 g/mol. The van der Waals surface area contributed by atoms with Gasteiger partial charge in [0.25, 0.3) is 0 Å². The van der Waals surface area contributed by atoms with Gasteiger partial charge in [-0.15, -0.1) is 0 Å². The maximum atomic E-state index is 5.77. The summed E-state index contributed by atoms with van der Waals surface area (Å²) in [6.07, 6.45) is 9.91. The molecule has 0 aliphatic carbocycles. The number of ether oxygens (including phenoxy) is 2. The molecule has 1 saturated heterocycles. The van der Waals surface area contributed by atoms with Crippen molar-refractivity contribution in [1.29, 1.82) is 0 Å². The molecule has 0 amide bonds. The minimum absolute atomic E-state index is 0.289. The molecule has 0 radical (unpaired) electrons. The molecule has 2 nitrogen and oxygen atoms in total. The molecule has 1 rings (SSSR count). The molecule has 0 aromatic rings. The fraction of sp³-hybridized carbons (Fsp3) is 1.00. The van der Waals surface area contributed by atoms with Crippen molar-refractivity contribution in [2.75, 3.05) is 13.2 Å². The molecule has 1 heterocycles. The number of hydrogen-bond donors (Lipinski definition) is 0. The molecule has 1 fully saturated rings. The highest BCUT2D eigenvalue weighted by molar-refractivity contribution is 4.66. The van der Waals surface area contributed by atoms with E-state index in [1.54, 1.807) is 0 Å². The lowest BCUT2D eigenvalue weighted by Crippen LogP contribution is -2.31. The minimum atomic E-state index is -0.289. The first kappa shape index (κ1) is 13.0. The zero-order chi connectivity index (χ0) is 11.0. The van der Waals surface area contributed by atoms with Crippen LogP contribution in [-0.4, -0.2) is 19.0 Å². The standard InChI is InChI=1S/C13H26O2/c1-3-4-5-6-7-10-13(2)14-11-8-9-12-15-13/h3-12H2,1-2H3. The van der Waals surface area contributed by atoms with Crippen molar-refractivity contribution in [3.63, 3.8) is 0 Å². The molecule has 0 atom stereocenters. The minimum Gasteiger partial charge on any atom is -0.350 e. The smallest absolute Gasteiger partial charge is 0.165 e. The molecular weight excluding hydrogens is 188 g/mol. The molecule has 15 heavy (non-hydrogen) atoms. The lowest BCUT2D eigenvalue weighted by atomic mass is 10.1. The van der Waals surface area contributed by atoms with Crippen molar-refractivity contribution in [1.82, 2.24) is 0 Å². The molecule has 1 aliphatic heterocycles. The van der Waals surface area contributed by atoms with E-state index in [0.29, 0.717) is 0 Å². The van der Waals surface area contributed by atoms with Crippen molar-refractivity contribution >= 4 is 0 Å². The Labute approximate surface area is 94.3 Å². The molecule has 0 saturated carbocycles. The summed E-state index contributed by atoms with van der Waals surface area (Å²) >= 11 is 0. The first-order chi connectivity index (χ1) is 7.27. The normalized spacial score (nSPS) is 21.2. The Morgan fingerprint density at radius 3 is 2.13 bits per heavy atom. The van der Waals surface area contributed by atoms with Crippen LogP contribution in [0.2, 0.25) is 0 Å². The molecule has 0 N–H and O–H groups in total. The summed E-state index contributed by atoms with van der Waals surface area (Å²) in [5.41, 5.74) is 0. The summed E-state index contributed by atoms with van der Waals surface area (Å²) in [6.45, 7) is 6.08. The van der Waals surface area contributed by atoms with Gasteiger partial charge in [0.2, 0.25) is 0 Å². The molecule has 0 unspecified atom stereocenters. The largest absolute Gasteiger partial charge is 0.350 e. The van der Waals surface area contributed by atoms with E-state index in [4.69, 9.17) is 9.47 Å². The third-order valence-electron chi connectivity index (χ3n) is 3.09. The van der Waals surface area contributed by atoms with Crippen LogP contribution in [0.25, 0.3) is 0 Å². The molecule has 0 aromatic carbocycles. The van der Waals surface area contributed by atoms with Crippen LogP contribution in [0.3, 0.4) is 0 Å². The van der Waals surface area contributed by atoms with E-state index in [-0.39, 0.29) is 5.79 Å². The maximum Gasteiger partial charge on any atom is 0.165 e. The average Bonchev–Trinajstić information content (AvgIpc) is 2.43. The second-order valence-corrected chi connectivity index (χ2v) is 4.70. The summed E-state index contributed by atoms with van der Waals surface area (Å²) in [6, 6.07) is 0. The van der Waals surface area contributed by atoms with Gasteiger partial charge in [-0.25, -0.2) is 0 Å². The lowest BCUT2D eigenvalue weighted by Gasteiger charge is -2.28. The van der Waals surface area contributed by atoms with Crippen molar-refractivity contribution in [2.24, 2.45) is 0 Å². The summed E-state index contributed by atoms with van der Waals surface area (Å²) in [5.74, 6) is -0.289. The Balaban J connectivity index is 2.11. The van der Waals surface area contributed by atoms with Crippen molar-refractivity contribution in [3.8, 4) is 0 Å². The van der Waals surface area contributed by atoms with Crippen LogP contribution < -0.4 is 0 Å². The van der Waals surface area contributed by atoms with Gasteiger partial charge in [0.15, 0.2) is 5.79 Å². The lowest BCUT2D eigenvalue weighted by molar-refractivity contribution is -0.217. The molecular formula is C13H26O2. The van der Waals surface area contributed by atoms with E-state index in [0.717, 1.165) is 32.5 Å². The van der Waals surface area contributed by atoms with Gasteiger partial charge in [0, 0.05) is 6.42 Å². The summed E-state index contributed by atoms with van der Waals surface area (Å²) in [4.78, 5) is 0. The van der Waals surface area contributed by atoms with Gasteiger partial charge in [-0.2, -0.15) is 0 Å². The van der Waals surface area contributed by atoms with E-state index >= 15 is 0 Å². The monoisotopic (exact) mass is 214 g/mol. The van der Waals surface area contributed by atoms with Crippen molar-refractivity contribution in [3.05, 3.63) is 0 Å².